The molecule has 122 valence electrons. The number of likely N-dealkylation sites (tertiary alicyclic amines) is 1. The van der Waals surface area contributed by atoms with Crippen molar-refractivity contribution in [3.05, 3.63) is 30.2 Å². The zero-order chi connectivity index (χ0) is 16.1. The summed E-state index contributed by atoms with van der Waals surface area (Å²) in [5.41, 5.74) is 2.79. The summed E-state index contributed by atoms with van der Waals surface area (Å²) < 4.78 is 2.50. The molecule has 1 saturated heterocycles. The van der Waals surface area contributed by atoms with E-state index in [0.717, 1.165) is 0 Å². The molecule has 3 heteroatoms. The van der Waals surface area contributed by atoms with E-state index < -0.39 is 0 Å². The third kappa shape index (κ3) is 3.70. The van der Waals surface area contributed by atoms with Gasteiger partial charge in [0.25, 0.3) is 0 Å². The third-order valence-corrected chi connectivity index (χ3v) is 4.37. The molecular formula is C19H31N3. The Bertz CT molecular complexity index is 577. The largest absolute Gasteiger partial charge is 0.344 e. The molecule has 3 nitrogen and oxygen atoms in total. The first-order chi connectivity index (χ1) is 10.6. The van der Waals surface area contributed by atoms with Crippen molar-refractivity contribution in [2.75, 3.05) is 20.1 Å². The summed E-state index contributed by atoms with van der Waals surface area (Å²) in [4.78, 5) is 6.73. The lowest BCUT2D eigenvalue weighted by Crippen LogP contribution is -2.31. The van der Waals surface area contributed by atoms with Crippen molar-refractivity contribution in [3.8, 4) is 0 Å². The van der Waals surface area contributed by atoms with Crippen LogP contribution in [0, 0.1) is 0 Å². The summed E-state index contributed by atoms with van der Waals surface area (Å²) in [7, 11) is 2.22. The highest BCUT2D eigenvalue weighted by molar-refractivity contribution is 5.83. The molecule has 0 unspecified atom stereocenters. The molecule has 2 aromatic rings. The molecule has 0 atom stereocenters. The monoisotopic (exact) mass is 301 g/mol. The van der Waals surface area contributed by atoms with Crippen molar-refractivity contribution >= 4 is 10.9 Å². The second-order valence-corrected chi connectivity index (χ2v) is 6.78. The molecule has 1 aliphatic heterocycles. The molecule has 0 aromatic carbocycles. The predicted octanol–water partition coefficient (Wildman–Crippen LogP) is 4.84. The van der Waals surface area contributed by atoms with Crippen LogP contribution in [-0.4, -0.2) is 34.6 Å². The molecule has 0 saturated carbocycles. The zero-order valence-corrected chi connectivity index (χ0v) is 14.8. The normalized spacial score (nSPS) is 16.8. The maximum Gasteiger partial charge on any atom is 0.0516 e. The first-order valence-corrected chi connectivity index (χ1v) is 8.71. The van der Waals surface area contributed by atoms with E-state index in [9.17, 15) is 0 Å². The van der Waals surface area contributed by atoms with Gasteiger partial charge in [-0.25, -0.2) is 0 Å². The van der Waals surface area contributed by atoms with E-state index in [1.807, 2.05) is 12.4 Å². The Morgan fingerprint density at radius 3 is 2.45 bits per heavy atom. The number of hydrogen-bond acceptors (Lipinski definition) is 2. The topological polar surface area (TPSA) is 21.1 Å². The minimum Gasteiger partial charge on any atom is -0.344 e. The van der Waals surface area contributed by atoms with Crippen LogP contribution < -0.4 is 0 Å². The maximum absolute atomic E-state index is 4.30. The van der Waals surface area contributed by atoms with Gasteiger partial charge < -0.3 is 9.47 Å². The molecule has 2 aromatic heterocycles. The van der Waals surface area contributed by atoms with Crippen LogP contribution in [0.25, 0.3) is 10.9 Å². The van der Waals surface area contributed by atoms with Crippen LogP contribution in [0.1, 0.15) is 64.5 Å². The average Bonchev–Trinajstić information content (AvgIpc) is 2.89. The van der Waals surface area contributed by atoms with Gasteiger partial charge in [-0.15, -0.1) is 0 Å². The quantitative estimate of drug-likeness (QED) is 0.791. The van der Waals surface area contributed by atoms with Crippen molar-refractivity contribution in [1.82, 2.24) is 14.5 Å². The molecule has 0 spiro atoms. The molecule has 0 radical (unpaired) electrons. The number of fused-ring (bicyclic) bond motifs is 1. The minimum atomic E-state index is 0.555. The second-order valence-electron chi connectivity index (χ2n) is 6.78. The highest BCUT2D eigenvalue weighted by Gasteiger charge is 2.21. The molecule has 1 aliphatic rings. The zero-order valence-electron chi connectivity index (χ0n) is 14.8. The lowest BCUT2D eigenvalue weighted by molar-refractivity contribution is 0.224. The number of nitrogens with zero attached hydrogens (tertiary/aromatic N) is 3. The standard InChI is InChI=1S/C16H23N3.C3H8/c1-12(2)15-11-19(13-5-8-18(3)9-6-13)16-4-7-17-10-14(15)16;1-3-2/h4,7,10-13H,5-6,8-9H2,1-3H3;3H2,1-2H3. The smallest absolute Gasteiger partial charge is 0.0516 e. The molecule has 0 N–H and O–H groups in total. The van der Waals surface area contributed by atoms with Crippen LogP contribution in [0.15, 0.2) is 24.7 Å². The van der Waals surface area contributed by atoms with Gasteiger partial charge >= 0.3 is 0 Å². The van der Waals surface area contributed by atoms with Crippen molar-refractivity contribution in [2.45, 2.75) is 58.9 Å². The van der Waals surface area contributed by atoms with Gasteiger partial charge in [0.05, 0.1) is 5.52 Å². The van der Waals surface area contributed by atoms with E-state index in [1.54, 1.807) is 0 Å². The van der Waals surface area contributed by atoms with E-state index >= 15 is 0 Å². The van der Waals surface area contributed by atoms with Crippen LogP contribution >= 0.6 is 0 Å². The molecule has 22 heavy (non-hydrogen) atoms. The van der Waals surface area contributed by atoms with Crippen LogP contribution in [0.4, 0.5) is 0 Å². The molecule has 3 rings (SSSR count). The Balaban J connectivity index is 0.000000545. The molecule has 0 aliphatic carbocycles. The van der Waals surface area contributed by atoms with Gasteiger partial charge in [0.1, 0.15) is 0 Å². The summed E-state index contributed by atoms with van der Waals surface area (Å²) in [5.74, 6) is 0.555. The van der Waals surface area contributed by atoms with Gasteiger partial charge in [-0.05, 0) is 50.5 Å². The van der Waals surface area contributed by atoms with E-state index in [0.29, 0.717) is 12.0 Å². The van der Waals surface area contributed by atoms with Crippen LogP contribution in [-0.2, 0) is 0 Å². The molecule has 1 fully saturated rings. The first kappa shape index (κ1) is 17.0. The van der Waals surface area contributed by atoms with Gasteiger partial charge in [-0.3, -0.25) is 4.98 Å². The fourth-order valence-corrected chi connectivity index (χ4v) is 3.16. The van der Waals surface area contributed by atoms with E-state index in [2.05, 4.69) is 61.5 Å². The van der Waals surface area contributed by atoms with Crippen molar-refractivity contribution in [2.24, 2.45) is 0 Å². The SMILES string of the molecule is CC(C)c1cn(C2CCN(C)CC2)c2ccncc12.CCC. The van der Waals surface area contributed by atoms with E-state index in [1.165, 1.54) is 48.8 Å². The first-order valence-electron chi connectivity index (χ1n) is 8.71. The number of pyridine rings is 1. The summed E-state index contributed by atoms with van der Waals surface area (Å²) in [6, 6.07) is 2.81. The van der Waals surface area contributed by atoms with Gasteiger partial charge in [-0.2, -0.15) is 0 Å². The molecular weight excluding hydrogens is 270 g/mol. The number of hydrogen-bond donors (Lipinski definition) is 0. The number of aromatic nitrogens is 2. The highest BCUT2D eigenvalue weighted by Crippen LogP contribution is 2.32. The molecule has 0 bridgehead atoms. The van der Waals surface area contributed by atoms with Crippen LogP contribution in [0.2, 0.25) is 0 Å². The average molecular weight is 301 g/mol. The molecule has 3 heterocycles. The van der Waals surface area contributed by atoms with Gasteiger partial charge in [0.2, 0.25) is 0 Å². The summed E-state index contributed by atoms with van der Waals surface area (Å²) in [6.07, 6.45) is 10.1. The highest BCUT2D eigenvalue weighted by atomic mass is 15.1. The minimum absolute atomic E-state index is 0.555. The Morgan fingerprint density at radius 2 is 1.86 bits per heavy atom. The van der Waals surface area contributed by atoms with Crippen molar-refractivity contribution < 1.29 is 0 Å². The number of piperidine rings is 1. The third-order valence-electron chi connectivity index (χ3n) is 4.37. The predicted molar refractivity (Wildman–Crippen MR) is 95.6 cm³/mol. The second kappa shape index (κ2) is 7.77. The van der Waals surface area contributed by atoms with Crippen molar-refractivity contribution in [3.63, 3.8) is 0 Å². The van der Waals surface area contributed by atoms with Gasteiger partial charge in [0, 0.05) is 30.0 Å². The van der Waals surface area contributed by atoms with Gasteiger partial charge in [-0.1, -0.05) is 34.1 Å². The van der Waals surface area contributed by atoms with E-state index in [-0.39, 0.29) is 0 Å². The van der Waals surface area contributed by atoms with Gasteiger partial charge in [0.15, 0.2) is 0 Å². The lowest BCUT2D eigenvalue weighted by atomic mass is 10.0. The Morgan fingerprint density at radius 1 is 1.23 bits per heavy atom. The Hall–Kier alpha value is -1.35. The number of rotatable bonds is 2. The summed E-state index contributed by atoms with van der Waals surface area (Å²) >= 11 is 0. The molecule has 0 amide bonds. The fraction of sp³-hybridized carbons (Fsp3) is 0.632. The fourth-order valence-electron chi connectivity index (χ4n) is 3.16. The summed E-state index contributed by atoms with van der Waals surface area (Å²) in [5, 5.41) is 1.33. The van der Waals surface area contributed by atoms with E-state index in [4.69, 9.17) is 0 Å². The van der Waals surface area contributed by atoms with Crippen LogP contribution in [0.5, 0.6) is 0 Å². The summed E-state index contributed by atoms with van der Waals surface area (Å²) in [6.45, 7) is 11.2. The van der Waals surface area contributed by atoms with Crippen LogP contribution in [0.3, 0.4) is 0 Å². The Kier molecular flexibility index (Phi) is 6.01. The lowest BCUT2D eigenvalue weighted by Gasteiger charge is -2.30. The Labute approximate surface area is 135 Å². The maximum atomic E-state index is 4.30. The van der Waals surface area contributed by atoms with Crippen molar-refractivity contribution in [1.29, 1.82) is 0 Å².